The number of amides is 2. The van der Waals surface area contributed by atoms with Crippen molar-refractivity contribution in [1.82, 2.24) is 14.7 Å². The van der Waals surface area contributed by atoms with Crippen molar-refractivity contribution in [1.29, 1.82) is 0 Å². The molecule has 11 heteroatoms. The zero-order chi connectivity index (χ0) is 24.0. The molecule has 2 heterocycles. The molecule has 1 aliphatic heterocycles. The zero-order valence-electron chi connectivity index (χ0n) is 21.1. The number of nitrogens with one attached hydrogen (secondary N) is 1. The molecule has 1 saturated heterocycles. The van der Waals surface area contributed by atoms with E-state index in [-0.39, 0.29) is 42.1 Å². The average molecular weight is 509 g/mol. The molecule has 2 unspecified atom stereocenters. The van der Waals surface area contributed by atoms with Gasteiger partial charge in [-0.05, 0) is 93.3 Å². The zero-order valence-corrected chi connectivity index (χ0v) is 23.9. The molecule has 1 fully saturated rings. The summed E-state index contributed by atoms with van der Waals surface area (Å²) in [5.41, 5.74) is 6.04. The van der Waals surface area contributed by atoms with Crippen LogP contribution in [0.3, 0.4) is 0 Å². The van der Waals surface area contributed by atoms with Crippen LogP contribution in [0.25, 0.3) is 4.72 Å². The molecule has 184 valence electrons. The Bertz CT molecular complexity index is 1180. The van der Waals surface area contributed by atoms with E-state index in [0.717, 1.165) is 68.2 Å². The van der Waals surface area contributed by atoms with Gasteiger partial charge in [-0.2, -0.15) is 5.10 Å². The number of urea groups is 1. The molecule has 2 aromatic rings. The molecule has 2 atom stereocenters. The number of carbonyl (C=O) groups excluding carboxylic acids is 1. The fraction of sp³-hybridized carbons (Fsp3) is 0.583. The summed E-state index contributed by atoms with van der Waals surface area (Å²) >= 11 is 0. The van der Waals surface area contributed by atoms with E-state index in [9.17, 15) is 13.2 Å². The molecule has 1 aromatic carbocycles. The number of hydrogen-bond donors (Lipinski definition) is 1. The van der Waals surface area contributed by atoms with Gasteiger partial charge in [0.1, 0.15) is 0 Å². The minimum Gasteiger partial charge on any atom is -0.423 e. The predicted octanol–water partition coefficient (Wildman–Crippen LogP) is 0.541. The number of aryl methyl sites for hydroxylation is 3. The third kappa shape index (κ3) is 5.27. The van der Waals surface area contributed by atoms with E-state index >= 15 is 0 Å². The van der Waals surface area contributed by atoms with Crippen molar-refractivity contribution in [3.8, 4) is 0 Å². The van der Waals surface area contributed by atoms with Crippen molar-refractivity contribution in [2.24, 2.45) is 7.05 Å². The molecule has 2 aliphatic carbocycles. The van der Waals surface area contributed by atoms with Crippen LogP contribution < -0.4 is 39.2 Å². The minimum absolute atomic E-state index is 0. The summed E-state index contributed by atoms with van der Waals surface area (Å²) in [7, 11) is -0.526. The van der Waals surface area contributed by atoms with Crippen LogP contribution in [0, 0.1) is 0 Å². The van der Waals surface area contributed by atoms with Crippen LogP contribution >= 0.6 is 0 Å². The molecule has 1 aromatic heterocycles. The largest absolute Gasteiger partial charge is 1.00 e. The van der Waals surface area contributed by atoms with Gasteiger partial charge in [0.2, 0.25) is 0 Å². The number of hydrogen-bond acceptors (Lipinski definition) is 5. The number of fused-ring (bicyclic) bond motifs is 2. The van der Waals surface area contributed by atoms with Crippen molar-refractivity contribution in [2.45, 2.75) is 70.4 Å². The van der Waals surface area contributed by atoms with Gasteiger partial charge in [-0.1, -0.05) is 6.07 Å². The monoisotopic (exact) mass is 508 g/mol. The summed E-state index contributed by atoms with van der Waals surface area (Å²) in [6, 6.07) is 1.86. The van der Waals surface area contributed by atoms with Gasteiger partial charge in [-0.3, -0.25) is 18.7 Å². The van der Waals surface area contributed by atoms with Crippen LogP contribution in [-0.4, -0.2) is 54.8 Å². The van der Waals surface area contributed by atoms with E-state index in [4.69, 9.17) is 0 Å². The second-order valence-corrected chi connectivity index (χ2v) is 11.4. The Hall–Kier alpha value is -1.59. The van der Waals surface area contributed by atoms with Gasteiger partial charge in [-0.15, -0.1) is 0 Å². The van der Waals surface area contributed by atoms with E-state index in [1.54, 1.807) is 17.9 Å². The van der Waals surface area contributed by atoms with E-state index in [1.165, 1.54) is 21.6 Å². The summed E-state index contributed by atoms with van der Waals surface area (Å²) in [6.07, 6.45) is 10.9. The number of nitrogens with zero attached hydrogens (tertiary/aromatic N) is 5. The number of rotatable bonds is 6. The van der Waals surface area contributed by atoms with Gasteiger partial charge < -0.3 is 10.0 Å². The Morgan fingerprint density at radius 2 is 1.80 bits per heavy atom. The first-order valence-electron chi connectivity index (χ1n) is 12.2. The summed E-state index contributed by atoms with van der Waals surface area (Å²) in [5, 5.41) is 7.02. The van der Waals surface area contributed by atoms with E-state index in [0.29, 0.717) is 11.7 Å². The second kappa shape index (κ2) is 10.4. The van der Waals surface area contributed by atoms with Crippen LogP contribution in [0.1, 0.15) is 54.9 Å². The molecule has 5 rings (SSSR count). The standard InChI is InChI=1S/C24H34N6O3S.Na/c1-16-10-11-19(29(16)3)15-30(20-13-25-28(2)14-20)34(32,33)27-24(31)26-23-21-8-4-6-17(21)12-18-7-5-9-22(18)23;/h12-14,16,19H,4-11,15H2,1-3H3,(H2,26,27,31);/q;+1/p-1. The molecule has 0 radical (unpaired) electrons. The number of benzene rings is 1. The van der Waals surface area contributed by atoms with Crippen LogP contribution in [-0.2, 0) is 42.9 Å². The van der Waals surface area contributed by atoms with Gasteiger partial charge in [0.25, 0.3) is 10.2 Å². The van der Waals surface area contributed by atoms with Gasteiger partial charge in [-0.25, -0.2) is 8.42 Å². The fourth-order valence-corrected chi connectivity index (χ4v) is 6.81. The Morgan fingerprint density at radius 1 is 1.14 bits per heavy atom. The van der Waals surface area contributed by atoms with Crippen molar-refractivity contribution < 1.29 is 42.8 Å². The predicted molar refractivity (Wildman–Crippen MR) is 133 cm³/mol. The SMILES string of the molecule is CC1CCC(CN(c2cnn(C)c2)S(=O)(=O)[N-]C(=O)Nc2c3c(cc4c2CCC4)CCC3)N1C.[Na+]. The number of anilines is 2. The number of likely N-dealkylation sites (tertiary alicyclic amines) is 1. The molecule has 0 spiro atoms. The quantitative estimate of drug-likeness (QED) is 0.574. The topological polar surface area (TPSA) is 102 Å². The van der Waals surface area contributed by atoms with E-state index in [2.05, 4.69) is 33.0 Å². The maximum atomic E-state index is 13.4. The molecule has 0 bridgehead atoms. The first-order chi connectivity index (χ1) is 16.2. The first kappa shape index (κ1) is 26.5. The third-order valence-corrected chi connectivity index (χ3v) is 9.04. The smallest absolute Gasteiger partial charge is 0.423 e. The summed E-state index contributed by atoms with van der Waals surface area (Å²) in [6.45, 7) is 2.36. The summed E-state index contributed by atoms with van der Waals surface area (Å²) in [5.74, 6) is 0. The van der Waals surface area contributed by atoms with Gasteiger partial charge >= 0.3 is 29.6 Å². The Kier molecular flexibility index (Phi) is 7.88. The van der Waals surface area contributed by atoms with Crippen molar-refractivity contribution in [3.05, 3.63) is 45.4 Å². The van der Waals surface area contributed by atoms with Gasteiger partial charge in [0.15, 0.2) is 6.03 Å². The molecule has 35 heavy (non-hydrogen) atoms. The van der Waals surface area contributed by atoms with Crippen LogP contribution in [0.4, 0.5) is 16.2 Å². The van der Waals surface area contributed by atoms with Gasteiger partial charge in [0, 0.05) is 31.9 Å². The van der Waals surface area contributed by atoms with Crippen LogP contribution in [0.2, 0.25) is 0 Å². The second-order valence-electron chi connectivity index (χ2n) is 9.88. The van der Waals surface area contributed by atoms with E-state index < -0.39 is 16.2 Å². The summed E-state index contributed by atoms with van der Waals surface area (Å²) < 4.78 is 33.3. The fourth-order valence-electron chi connectivity index (χ4n) is 5.73. The van der Waals surface area contributed by atoms with Crippen molar-refractivity contribution in [2.75, 3.05) is 23.2 Å². The normalized spacial score (nSPS) is 21.3. The Morgan fingerprint density at radius 3 is 2.34 bits per heavy atom. The third-order valence-electron chi connectivity index (χ3n) is 7.73. The molecule has 1 N–H and O–H groups in total. The minimum atomic E-state index is -4.27. The van der Waals surface area contributed by atoms with Crippen LogP contribution in [0.5, 0.6) is 0 Å². The number of carbonyl (C=O) groups is 1. The van der Waals surface area contributed by atoms with Crippen molar-refractivity contribution in [3.63, 3.8) is 0 Å². The Labute approximate surface area is 230 Å². The average Bonchev–Trinajstić information content (AvgIpc) is 3.56. The van der Waals surface area contributed by atoms with E-state index in [1.807, 2.05) is 7.05 Å². The van der Waals surface area contributed by atoms with Crippen LogP contribution in [0.15, 0.2) is 18.5 Å². The number of likely N-dealkylation sites (N-methyl/N-ethyl adjacent to an activating group) is 1. The van der Waals surface area contributed by atoms with Crippen molar-refractivity contribution >= 4 is 27.6 Å². The summed E-state index contributed by atoms with van der Waals surface area (Å²) in [4.78, 5) is 15.2. The maximum absolute atomic E-state index is 13.4. The molecule has 9 nitrogen and oxygen atoms in total. The maximum Gasteiger partial charge on any atom is 1.00 e. The number of aromatic nitrogens is 2. The molecule has 2 amide bonds. The molecule has 0 saturated carbocycles. The Balaban J connectivity index is 0.00000289. The molecular weight excluding hydrogens is 475 g/mol. The van der Waals surface area contributed by atoms with Gasteiger partial charge in [0.05, 0.1) is 11.9 Å². The molecule has 3 aliphatic rings. The first-order valence-corrected chi connectivity index (χ1v) is 13.6. The molecular formula is C24H33N6NaO3S.